The third-order valence-electron chi connectivity index (χ3n) is 4.36. The lowest BCUT2D eigenvalue weighted by molar-refractivity contribution is 0.0498. The summed E-state index contributed by atoms with van der Waals surface area (Å²) in [5, 5.41) is 3.45. The van der Waals surface area contributed by atoms with Gasteiger partial charge in [0.05, 0.1) is 12.3 Å². The molecule has 3 rings (SSSR count). The van der Waals surface area contributed by atoms with Crippen LogP contribution in [0.4, 0.5) is 5.69 Å². The molecule has 2 aliphatic rings. The molecule has 1 aromatic rings. The molecule has 0 saturated carbocycles. The monoisotopic (exact) mass is 290 g/mol. The summed E-state index contributed by atoms with van der Waals surface area (Å²) in [6.07, 6.45) is 3.43. The maximum atomic E-state index is 6.15. The van der Waals surface area contributed by atoms with Crippen LogP contribution >= 0.6 is 0 Å². The van der Waals surface area contributed by atoms with E-state index in [1.54, 1.807) is 0 Å². The minimum Gasteiger partial charge on any atom is -0.491 e. The van der Waals surface area contributed by atoms with Crippen LogP contribution in [-0.2, 0) is 4.74 Å². The maximum absolute atomic E-state index is 6.15. The van der Waals surface area contributed by atoms with Crippen LogP contribution in [-0.4, -0.2) is 46.0 Å². The van der Waals surface area contributed by atoms with E-state index in [0.717, 1.165) is 64.6 Å². The first-order valence-corrected chi connectivity index (χ1v) is 8.19. The Morgan fingerprint density at radius 3 is 2.90 bits per heavy atom. The second-order valence-corrected chi connectivity index (χ2v) is 5.93. The molecule has 0 amide bonds. The summed E-state index contributed by atoms with van der Waals surface area (Å²) in [5.74, 6) is 1.67. The van der Waals surface area contributed by atoms with Crippen molar-refractivity contribution < 1.29 is 9.47 Å². The quantitative estimate of drug-likeness (QED) is 0.922. The highest BCUT2D eigenvalue weighted by atomic mass is 16.5. The molecule has 0 unspecified atom stereocenters. The van der Waals surface area contributed by atoms with Crippen LogP contribution in [0.25, 0.3) is 0 Å². The van der Waals surface area contributed by atoms with Crippen LogP contribution < -0.4 is 15.0 Å². The Balaban J connectivity index is 1.63. The maximum Gasteiger partial charge on any atom is 0.142 e. The zero-order chi connectivity index (χ0) is 14.3. The molecule has 0 atom stereocenters. The molecular weight excluding hydrogens is 264 g/mol. The SMILES string of the molecule is c1ccc(N2CCCNCC2)c(OCC2CCOCC2)c1. The molecule has 2 fully saturated rings. The molecule has 2 aliphatic heterocycles. The Labute approximate surface area is 127 Å². The highest BCUT2D eigenvalue weighted by Gasteiger charge is 2.17. The van der Waals surface area contributed by atoms with Crippen molar-refractivity contribution >= 4 is 5.69 Å². The molecule has 0 radical (unpaired) electrons. The number of nitrogens with zero attached hydrogens (tertiary/aromatic N) is 1. The molecule has 2 heterocycles. The largest absolute Gasteiger partial charge is 0.491 e. The van der Waals surface area contributed by atoms with Gasteiger partial charge in [0.2, 0.25) is 0 Å². The Bertz CT molecular complexity index is 425. The number of benzene rings is 1. The molecule has 4 nitrogen and oxygen atoms in total. The van der Waals surface area contributed by atoms with Crippen molar-refractivity contribution in [2.24, 2.45) is 5.92 Å². The van der Waals surface area contributed by atoms with Gasteiger partial charge in [-0.2, -0.15) is 0 Å². The van der Waals surface area contributed by atoms with Crippen molar-refractivity contribution in [1.82, 2.24) is 5.32 Å². The molecule has 1 N–H and O–H groups in total. The summed E-state index contributed by atoms with van der Waals surface area (Å²) in [6, 6.07) is 8.46. The first-order chi connectivity index (χ1) is 10.4. The highest BCUT2D eigenvalue weighted by Crippen LogP contribution is 2.29. The van der Waals surface area contributed by atoms with Gasteiger partial charge in [0.15, 0.2) is 0 Å². The van der Waals surface area contributed by atoms with E-state index in [4.69, 9.17) is 9.47 Å². The van der Waals surface area contributed by atoms with Gasteiger partial charge >= 0.3 is 0 Å². The van der Waals surface area contributed by atoms with Crippen molar-refractivity contribution in [2.45, 2.75) is 19.3 Å². The first-order valence-electron chi connectivity index (χ1n) is 8.19. The van der Waals surface area contributed by atoms with Crippen LogP contribution in [0.5, 0.6) is 5.75 Å². The van der Waals surface area contributed by atoms with Gasteiger partial charge in [-0.3, -0.25) is 0 Å². The van der Waals surface area contributed by atoms with Crippen molar-refractivity contribution in [2.75, 3.05) is 50.9 Å². The zero-order valence-corrected chi connectivity index (χ0v) is 12.7. The van der Waals surface area contributed by atoms with E-state index in [1.807, 2.05) is 0 Å². The predicted octanol–water partition coefficient (Wildman–Crippen LogP) is 2.29. The Hall–Kier alpha value is -1.26. The number of hydrogen-bond acceptors (Lipinski definition) is 4. The fraction of sp³-hybridized carbons (Fsp3) is 0.647. The van der Waals surface area contributed by atoms with Crippen LogP contribution in [0, 0.1) is 5.92 Å². The van der Waals surface area contributed by atoms with E-state index in [2.05, 4.69) is 34.5 Å². The van der Waals surface area contributed by atoms with Gasteiger partial charge in [-0.05, 0) is 43.9 Å². The predicted molar refractivity (Wildman–Crippen MR) is 85.2 cm³/mol. The first kappa shape index (κ1) is 14.7. The van der Waals surface area contributed by atoms with Crippen LogP contribution in [0.2, 0.25) is 0 Å². The summed E-state index contributed by atoms with van der Waals surface area (Å²) >= 11 is 0. The normalized spacial score (nSPS) is 21.0. The van der Waals surface area contributed by atoms with E-state index < -0.39 is 0 Å². The lowest BCUT2D eigenvalue weighted by atomic mass is 10.0. The number of rotatable bonds is 4. The van der Waals surface area contributed by atoms with Gasteiger partial charge in [-0.1, -0.05) is 12.1 Å². The minimum atomic E-state index is 0.637. The summed E-state index contributed by atoms with van der Waals surface area (Å²) in [5.41, 5.74) is 1.24. The van der Waals surface area contributed by atoms with Crippen molar-refractivity contribution in [3.8, 4) is 5.75 Å². The van der Waals surface area contributed by atoms with Crippen LogP contribution in [0.15, 0.2) is 24.3 Å². The summed E-state index contributed by atoms with van der Waals surface area (Å²) in [4.78, 5) is 2.44. The van der Waals surface area contributed by atoms with Crippen molar-refractivity contribution in [1.29, 1.82) is 0 Å². The fourth-order valence-electron chi connectivity index (χ4n) is 3.05. The molecule has 1 aromatic carbocycles. The second-order valence-electron chi connectivity index (χ2n) is 5.93. The number of anilines is 1. The van der Waals surface area contributed by atoms with Crippen LogP contribution in [0.3, 0.4) is 0 Å². The molecule has 0 aliphatic carbocycles. The summed E-state index contributed by atoms with van der Waals surface area (Å²) in [6.45, 7) is 6.89. The smallest absolute Gasteiger partial charge is 0.142 e. The van der Waals surface area contributed by atoms with Gasteiger partial charge < -0.3 is 19.7 Å². The van der Waals surface area contributed by atoms with Gasteiger partial charge in [-0.15, -0.1) is 0 Å². The van der Waals surface area contributed by atoms with E-state index in [-0.39, 0.29) is 0 Å². The molecular formula is C17H26N2O2. The third-order valence-corrected chi connectivity index (χ3v) is 4.36. The van der Waals surface area contributed by atoms with E-state index >= 15 is 0 Å². The van der Waals surface area contributed by atoms with E-state index in [9.17, 15) is 0 Å². The van der Waals surface area contributed by atoms with Gasteiger partial charge in [0, 0.05) is 32.8 Å². The van der Waals surface area contributed by atoms with Crippen molar-refractivity contribution in [3.63, 3.8) is 0 Å². The topological polar surface area (TPSA) is 33.7 Å². The lowest BCUT2D eigenvalue weighted by Crippen LogP contribution is -2.28. The van der Waals surface area contributed by atoms with E-state index in [0.29, 0.717) is 5.92 Å². The molecule has 0 spiro atoms. The third kappa shape index (κ3) is 4.11. The van der Waals surface area contributed by atoms with Gasteiger partial charge in [0.25, 0.3) is 0 Å². The minimum absolute atomic E-state index is 0.637. The molecule has 2 saturated heterocycles. The van der Waals surface area contributed by atoms with Crippen LogP contribution in [0.1, 0.15) is 19.3 Å². The Kier molecular flexibility index (Phi) is 5.35. The molecule has 0 bridgehead atoms. The van der Waals surface area contributed by atoms with Crippen molar-refractivity contribution in [3.05, 3.63) is 24.3 Å². The Morgan fingerprint density at radius 2 is 2.00 bits per heavy atom. The number of para-hydroxylation sites is 2. The molecule has 0 aromatic heterocycles. The Morgan fingerprint density at radius 1 is 1.14 bits per heavy atom. The second kappa shape index (κ2) is 7.66. The average molecular weight is 290 g/mol. The molecule has 4 heteroatoms. The molecule has 116 valence electrons. The van der Waals surface area contributed by atoms with Gasteiger partial charge in [0.1, 0.15) is 5.75 Å². The number of nitrogens with one attached hydrogen (secondary N) is 1. The lowest BCUT2D eigenvalue weighted by Gasteiger charge is -2.27. The molecule has 21 heavy (non-hydrogen) atoms. The zero-order valence-electron chi connectivity index (χ0n) is 12.7. The number of hydrogen-bond donors (Lipinski definition) is 1. The fourth-order valence-corrected chi connectivity index (χ4v) is 3.05. The van der Waals surface area contributed by atoms with Gasteiger partial charge in [-0.25, -0.2) is 0 Å². The summed E-state index contributed by atoms with van der Waals surface area (Å²) in [7, 11) is 0. The standard InChI is InChI=1S/C17H26N2O2/c1-2-5-17(21-14-15-6-12-20-13-7-15)16(4-1)19-10-3-8-18-9-11-19/h1-2,4-5,15,18H,3,6-14H2. The number of ether oxygens (including phenoxy) is 2. The van der Waals surface area contributed by atoms with E-state index in [1.165, 1.54) is 12.1 Å². The average Bonchev–Trinajstić information content (AvgIpc) is 2.83. The summed E-state index contributed by atoms with van der Waals surface area (Å²) < 4.78 is 11.6. The highest BCUT2D eigenvalue weighted by molar-refractivity contribution is 5.58.